The van der Waals surface area contributed by atoms with Gasteiger partial charge in [0.1, 0.15) is 24.4 Å². The van der Waals surface area contributed by atoms with E-state index in [-0.39, 0.29) is 18.9 Å². The third kappa shape index (κ3) is 21.9. The Morgan fingerprint density at radius 3 is 1.86 bits per heavy atom. The van der Waals surface area contributed by atoms with E-state index in [0.29, 0.717) is 12.8 Å². The van der Waals surface area contributed by atoms with Crippen LogP contribution in [0.1, 0.15) is 104 Å². The highest BCUT2D eigenvalue weighted by atomic mass is 16.7. The van der Waals surface area contributed by atoms with Crippen molar-refractivity contribution in [3.05, 3.63) is 85.1 Å². The molecular weight excluding hydrogens is 622 g/mol. The van der Waals surface area contributed by atoms with Crippen LogP contribution in [-0.4, -0.2) is 87.5 Å². The SMILES string of the molecule is CC/C=C\C/C=C\C/C=C\C/C=C\CCCCC(=O)NC(COC1OC(CO)C(O)C(O)C1O)C(O)/C=C/CC/C=C/CC/C=C/CCC. The van der Waals surface area contributed by atoms with Crippen LogP contribution in [0.25, 0.3) is 0 Å². The molecule has 6 N–H and O–H groups in total. The first kappa shape index (κ1) is 44.4. The largest absolute Gasteiger partial charge is 0.394 e. The summed E-state index contributed by atoms with van der Waals surface area (Å²) in [7, 11) is 0. The van der Waals surface area contributed by atoms with Crippen molar-refractivity contribution in [3.63, 3.8) is 0 Å². The number of allylic oxidation sites excluding steroid dienone is 13. The molecule has 0 aromatic rings. The summed E-state index contributed by atoms with van der Waals surface area (Å²) < 4.78 is 11.1. The van der Waals surface area contributed by atoms with Gasteiger partial charge in [0.05, 0.1) is 25.4 Å². The van der Waals surface area contributed by atoms with Gasteiger partial charge in [-0.05, 0) is 77.0 Å². The minimum atomic E-state index is -1.58. The Bertz CT molecular complexity index is 1030. The predicted molar refractivity (Wildman–Crippen MR) is 198 cm³/mol. The molecule has 1 aliphatic heterocycles. The van der Waals surface area contributed by atoms with Crippen molar-refractivity contribution >= 4 is 5.91 Å². The van der Waals surface area contributed by atoms with E-state index in [9.17, 15) is 30.3 Å². The summed E-state index contributed by atoms with van der Waals surface area (Å²) in [6.45, 7) is 3.48. The van der Waals surface area contributed by atoms with E-state index in [1.807, 2.05) is 6.08 Å². The second kappa shape index (κ2) is 30.2. The van der Waals surface area contributed by atoms with Gasteiger partial charge in [0.15, 0.2) is 6.29 Å². The topological polar surface area (TPSA) is 149 Å². The highest BCUT2D eigenvalue weighted by Crippen LogP contribution is 2.22. The second-order valence-corrected chi connectivity index (χ2v) is 12.3. The fourth-order valence-corrected chi connectivity index (χ4v) is 4.95. The lowest BCUT2D eigenvalue weighted by Gasteiger charge is -2.40. The third-order valence-corrected chi connectivity index (χ3v) is 7.91. The van der Waals surface area contributed by atoms with Gasteiger partial charge in [-0.15, -0.1) is 0 Å². The van der Waals surface area contributed by atoms with Crippen molar-refractivity contribution in [1.29, 1.82) is 0 Å². The van der Waals surface area contributed by atoms with Crippen LogP contribution in [0.3, 0.4) is 0 Å². The average molecular weight is 688 g/mol. The van der Waals surface area contributed by atoms with Crippen molar-refractivity contribution in [2.24, 2.45) is 0 Å². The lowest BCUT2D eigenvalue weighted by atomic mass is 9.99. The number of unbranched alkanes of at least 4 members (excludes halogenated alkanes) is 5. The van der Waals surface area contributed by atoms with Crippen LogP contribution in [0.2, 0.25) is 0 Å². The van der Waals surface area contributed by atoms with Crippen LogP contribution in [0.4, 0.5) is 0 Å². The van der Waals surface area contributed by atoms with E-state index < -0.39 is 49.5 Å². The van der Waals surface area contributed by atoms with Gasteiger partial charge in [-0.3, -0.25) is 4.79 Å². The van der Waals surface area contributed by atoms with E-state index in [4.69, 9.17) is 9.47 Å². The molecule has 0 aromatic heterocycles. The molecule has 7 atom stereocenters. The molecule has 9 heteroatoms. The minimum absolute atomic E-state index is 0.229. The number of hydrogen-bond donors (Lipinski definition) is 6. The molecule has 0 aromatic carbocycles. The predicted octanol–water partition coefficient (Wildman–Crippen LogP) is 6.04. The van der Waals surface area contributed by atoms with Crippen LogP contribution in [0.15, 0.2) is 85.1 Å². The molecular formula is C40H65NO8. The summed E-state index contributed by atoms with van der Waals surface area (Å²) in [5, 5.41) is 53.7. The molecule has 1 saturated heterocycles. The van der Waals surface area contributed by atoms with Gasteiger partial charge in [-0.2, -0.15) is 0 Å². The molecule has 0 saturated carbocycles. The first-order valence-corrected chi connectivity index (χ1v) is 18.3. The zero-order chi connectivity index (χ0) is 36.0. The number of nitrogens with one attached hydrogen (secondary N) is 1. The van der Waals surface area contributed by atoms with Gasteiger partial charge in [0, 0.05) is 6.42 Å². The van der Waals surface area contributed by atoms with Crippen molar-refractivity contribution in [3.8, 4) is 0 Å². The molecule has 9 nitrogen and oxygen atoms in total. The normalized spacial score (nSPS) is 23.4. The van der Waals surface area contributed by atoms with Crippen LogP contribution in [0.5, 0.6) is 0 Å². The summed E-state index contributed by atoms with van der Waals surface area (Å²) in [4.78, 5) is 12.8. The zero-order valence-electron chi connectivity index (χ0n) is 29.9. The first-order chi connectivity index (χ1) is 23.8. The molecule has 1 amide bonds. The molecule has 0 bridgehead atoms. The fraction of sp³-hybridized carbons (Fsp3) is 0.625. The summed E-state index contributed by atoms with van der Waals surface area (Å²) >= 11 is 0. The van der Waals surface area contributed by atoms with Crippen LogP contribution in [0, 0.1) is 0 Å². The number of carbonyl (C=O) groups is 1. The van der Waals surface area contributed by atoms with Gasteiger partial charge in [-0.25, -0.2) is 0 Å². The van der Waals surface area contributed by atoms with Gasteiger partial charge in [0.2, 0.25) is 5.91 Å². The number of hydrogen-bond acceptors (Lipinski definition) is 8. The zero-order valence-corrected chi connectivity index (χ0v) is 29.9. The number of aliphatic hydroxyl groups excluding tert-OH is 5. The Hall–Kier alpha value is -2.63. The molecule has 0 spiro atoms. The van der Waals surface area contributed by atoms with Gasteiger partial charge in [0.25, 0.3) is 0 Å². The van der Waals surface area contributed by atoms with Crippen LogP contribution in [-0.2, 0) is 14.3 Å². The average Bonchev–Trinajstić information content (AvgIpc) is 3.10. The maximum absolute atomic E-state index is 12.8. The van der Waals surface area contributed by atoms with Gasteiger partial charge in [-0.1, -0.05) is 105 Å². The Kier molecular flexibility index (Phi) is 27.4. The molecule has 7 unspecified atom stereocenters. The molecule has 49 heavy (non-hydrogen) atoms. The highest BCUT2D eigenvalue weighted by Gasteiger charge is 2.44. The minimum Gasteiger partial charge on any atom is -0.394 e. The lowest BCUT2D eigenvalue weighted by Crippen LogP contribution is -2.60. The Balaban J connectivity index is 2.55. The van der Waals surface area contributed by atoms with E-state index in [0.717, 1.165) is 70.6 Å². The van der Waals surface area contributed by atoms with Gasteiger partial charge < -0.3 is 40.3 Å². The number of aliphatic hydroxyl groups is 5. The molecule has 1 fully saturated rings. The van der Waals surface area contributed by atoms with Crippen molar-refractivity contribution < 1.29 is 39.8 Å². The second-order valence-electron chi connectivity index (χ2n) is 12.3. The van der Waals surface area contributed by atoms with Crippen molar-refractivity contribution in [2.75, 3.05) is 13.2 Å². The third-order valence-electron chi connectivity index (χ3n) is 7.91. The molecule has 1 heterocycles. The molecule has 1 aliphatic rings. The Morgan fingerprint density at radius 2 is 1.27 bits per heavy atom. The number of carbonyl (C=O) groups excluding carboxylic acids is 1. The number of ether oxygens (including phenoxy) is 2. The number of amides is 1. The van der Waals surface area contributed by atoms with E-state index in [2.05, 4.69) is 92.1 Å². The summed E-state index contributed by atoms with van der Waals surface area (Å²) in [6.07, 6.45) is 33.5. The smallest absolute Gasteiger partial charge is 0.220 e. The summed E-state index contributed by atoms with van der Waals surface area (Å²) in [5.41, 5.74) is 0. The maximum Gasteiger partial charge on any atom is 0.220 e. The lowest BCUT2D eigenvalue weighted by molar-refractivity contribution is -0.302. The monoisotopic (exact) mass is 687 g/mol. The standard InChI is InChI=1S/C40H65NO8/c1-3-5-7-9-11-13-15-16-17-18-20-22-24-26-28-30-36(44)41-33(32-48-40-39(47)38(46)37(45)35(31-42)49-40)34(43)29-27-25-23-21-19-14-12-10-8-6-4-2/h5,7-8,10-11,13,16-17,19-22,27,29,33-35,37-40,42-43,45-47H,3-4,6,9,12,14-15,18,23-26,28,30-32H2,1-2H3,(H,41,44)/b7-5-,10-8+,13-11-,17-16-,21-19+,22-20-,29-27+. The van der Waals surface area contributed by atoms with Crippen molar-refractivity contribution in [2.45, 2.75) is 147 Å². The number of rotatable bonds is 27. The van der Waals surface area contributed by atoms with E-state index >= 15 is 0 Å². The quantitative estimate of drug-likeness (QED) is 0.0452. The summed E-state index contributed by atoms with van der Waals surface area (Å²) in [5.74, 6) is -0.240. The molecule has 278 valence electrons. The molecule has 1 rings (SSSR count). The Labute approximate surface area is 295 Å². The van der Waals surface area contributed by atoms with Gasteiger partial charge >= 0.3 is 0 Å². The highest BCUT2D eigenvalue weighted by molar-refractivity contribution is 5.76. The first-order valence-electron chi connectivity index (χ1n) is 18.3. The van der Waals surface area contributed by atoms with E-state index in [1.165, 1.54) is 0 Å². The summed E-state index contributed by atoms with van der Waals surface area (Å²) in [6, 6.07) is -0.851. The Morgan fingerprint density at radius 1 is 0.714 bits per heavy atom. The molecule has 0 radical (unpaired) electrons. The molecule has 0 aliphatic carbocycles. The van der Waals surface area contributed by atoms with Crippen LogP contribution >= 0.6 is 0 Å². The van der Waals surface area contributed by atoms with Crippen molar-refractivity contribution in [1.82, 2.24) is 5.32 Å². The fourth-order valence-electron chi connectivity index (χ4n) is 4.95. The van der Waals surface area contributed by atoms with E-state index in [1.54, 1.807) is 6.08 Å². The van der Waals surface area contributed by atoms with Crippen LogP contribution < -0.4 is 5.32 Å². The maximum atomic E-state index is 12.8.